The molecule has 0 amide bonds. The molecule has 0 radical (unpaired) electrons. The van der Waals surface area contributed by atoms with Gasteiger partial charge in [0.15, 0.2) is 0 Å². The monoisotopic (exact) mass is 236 g/mol. The van der Waals surface area contributed by atoms with Crippen molar-refractivity contribution in [2.24, 2.45) is 0 Å². The lowest BCUT2D eigenvalue weighted by Gasteiger charge is -2.47. The maximum Gasteiger partial charge on any atom is 0.0697 e. The molecule has 1 unspecified atom stereocenters. The second kappa shape index (κ2) is 4.74. The number of hydrogen-bond donors (Lipinski definition) is 1. The fraction of sp³-hybridized carbons (Fsp3) is 0.833. The van der Waals surface area contributed by atoms with E-state index in [1.54, 1.807) is 6.20 Å². The third-order valence-corrected chi connectivity index (χ3v) is 4.00. The third kappa shape index (κ3) is 2.50. The summed E-state index contributed by atoms with van der Waals surface area (Å²) in [7, 11) is 0. The minimum atomic E-state index is 0.239. The molecule has 1 saturated carbocycles. The molecular weight excluding hydrogens is 216 g/mol. The van der Waals surface area contributed by atoms with Gasteiger partial charge in [0.2, 0.25) is 0 Å². The number of aromatic nitrogens is 3. The van der Waals surface area contributed by atoms with Crippen molar-refractivity contribution in [2.75, 3.05) is 13.2 Å². The number of nitrogens with zero attached hydrogens (tertiary/aromatic N) is 3. The standard InChI is InChI=1S/C12H20N4O/c1-3-12(4-1)10-11(2-9-17-12)13-5-7-16-8-6-14-15-16/h6,8,11,13H,1-5,7,9-10H2. The highest BCUT2D eigenvalue weighted by Crippen LogP contribution is 2.42. The largest absolute Gasteiger partial charge is 0.375 e. The van der Waals surface area contributed by atoms with Gasteiger partial charge in [-0.3, -0.25) is 4.68 Å². The van der Waals surface area contributed by atoms with Gasteiger partial charge in [0, 0.05) is 25.4 Å². The number of hydrogen-bond acceptors (Lipinski definition) is 4. The van der Waals surface area contributed by atoms with Gasteiger partial charge in [-0.15, -0.1) is 5.10 Å². The van der Waals surface area contributed by atoms with Gasteiger partial charge in [-0.25, -0.2) is 0 Å². The fourth-order valence-electron chi connectivity index (χ4n) is 2.86. The first-order valence-corrected chi connectivity index (χ1v) is 6.58. The first-order chi connectivity index (χ1) is 8.36. The highest BCUT2D eigenvalue weighted by atomic mass is 16.5. The lowest BCUT2D eigenvalue weighted by atomic mass is 9.74. The van der Waals surface area contributed by atoms with Crippen molar-refractivity contribution >= 4 is 0 Å². The minimum Gasteiger partial charge on any atom is -0.375 e. The molecule has 0 aromatic carbocycles. The van der Waals surface area contributed by atoms with Crippen LogP contribution >= 0.6 is 0 Å². The molecule has 1 aromatic heterocycles. The Hall–Kier alpha value is -0.940. The van der Waals surface area contributed by atoms with E-state index in [0.717, 1.165) is 26.1 Å². The Morgan fingerprint density at radius 1 is 1.47 bits per heavy atom. The Morgan fingerprint density at radius 3 is 3.12 bits per heavy atom. The van der Waals surface area contributed by atoms with E-state index in [2.05, 4.69) is 15.6 Å². The van der Waals surface area contributed by atoms with Gasteiger partial charge < -0.3 is 10.1 Å². The van der Waals surface area contributed by atoms with Crippen LogP contribution in [0, 0.1) is 0 Å². The highest BCUT2D eigenvalue weighted by Gasteiger charge is 2.42. The maximum absolute atomic E-state index is 5.92. The molecule has 1 atom stereocenters. The predicted octanol–water partition coefficient (Wildman–Crippen LogP) is 0.969. The van der Waals surface area contributed by atoms with E-state index in [4.69, 9.17) is 4.74 Å². The zero-order valence-electron chi connectivity index (χ0n) is 10.1. The van der Waals surface area contributed by atoms with Crippen molar-refractivity contribution in [3.8, 4) is 0 Å². The van der Waals surface area contributed by atoms with Gasteiger partial charge >= 0.3 is 0 Å². The fourth-order valence-corrected chi connectivity index (χ4v) is 2.86. The number of nitrogens with one attached hydrogen (secondary N) is 1. The number of rotatable bonds is 4. The van der Waals surface area contributed by atoms with Crippen LogP contribution in [0.3, 0.4) is 0 Å². The van der Waals surface area contributed by atoms with Gasteiger partial charge in [-0.2, -0.15) is 0 Å². The van der Waals surface area contributed by atoms with E-state index in [1.165, 1.54) is 25.7 Å². The molecule has 1 aliphatic heterocycles. The van der Waals surface area contributed by atoms with Crippen molar-refractivity contribution in [2.45, 2.75) is 50.3 Å². The topological polar surface area (TPSA) is 52.0 Å². The van der Waals surface area contributed by atoms with Crippen LogP contribution in [-0.2, 0) is 11.3 Å². The summed E-state index contributed by atoms with van der Waals surface area (Å²) in [5.41, 5.74) is 0.239. The lowest BCUT2D eigenvalue weighted by molar-refractivity contribution is -0.135. The molecule has 0 bridgehead atoms. The number of ether oxygens (including phenoxy) is 1. The SMILES string of the molecule is c1cn(CCNC2CCOC3(CCC3)C2)nn1. The van der Waals surface area contributed by atoms with Crippen molar-refractivity contribution in [3.63, 3.8) is 0 Å². The Balaban J connectivity index is 1.42. The Morgan fingerprint density at radius 2 is 2.41 bits per heavy atom. The van der Waals surface area contributed by atoms with Crippen molar-refractivity contribution in [1.82, 2.24) is 20.3 Å². The first-order valence-electron chi connectivity index (χ1n) is 6.58. The van der Waals surface area contributed by atoms with Gasteiger partial charge in [0.1, 0.15) is 0 Å². The molecule has 1 aliphatic carbocycles. The molecule has 2 fully saturated rings. The minimum absolute atomic E-state index is 0.239. The van der Waals surface area contributed by atoms with E-state index in [-0.39, 0.29) is 5.60 Å². The van der Waals surface area contributed by atoms with Crippen LogP contribution < -0.4 is 5.32 Å². The molecule has 2 aliphatic rings. The van der Waals surface area contributed by atoms with Gasteiger partial charge in [-0.1, -0.05) is 5.21 Å². The summed E-state index contributed by atoms with van der Waals surface area (Å²) in [5.74, 6) is 0. The average molecular weight is 236 g/mol. The zero-order valence-corrected chi connectivity index (χ0v) is 10.1. The summed E-state index contributed by atoms with van der Waals surface area (Å²) in [6.45, 7) is 2.77. The van der Waals surface area contributed by atoms with Gasteiger partial charge in [0.25, 0.3) is 0 Å². The Labute approximate surface area is 102 Å². The summed E-state index contributed by atoms with van der Waals surface area (Å²) in [4.78, 5) is 0. The highest BCUT2D eigenvalue weighted by molar-refractivity contribution is 4.95. The summed E-state index contributed by atoms with van der Waals surface area (Å²) in [6.07, 6.45) is 9.80. The third-order valence-electron chi connectivity index (χ3n) is 4.00. The molecule has 5 nitrogen and oxygen atoms in total. The molecule has 17 heavy (non-hydrogen) atoms. The van der Waals surface area contributed by atoms with E-state index in [9.17, 15) is 0 Å². The second-order valence-electron chi connectivity index (χ2n) is 5.20. The van der Waals surface area contributed by atoms with E-state index >= 15 is 0 Å². The van der Waals surface area contributed by atoms with Crippen LogP contribution in [0.1, 0.15) is 32.1 Å². The maximum atomic E-state index is 5.92. The molecule has 2 heterocycles. The van der Waals surface area contributed by atoms with Crippen molar-refractivity contribution < 1.29 is 4.74 Å². The molecule has 3 rings (SSSR count). The molecule has 5 heteroatoms. The second-order valence-corrected chi connectivity index (χ2v) is 5.20. The van der Waals surface area contributed by atoms with Crippen molar-refractivity contribution in [1.29, 1.82) is 0 Å². The first kappa shape index (κ1) is 11.2. The smallest absolute Gasteiger partial charge is 0.0697 e. The Kier molecular flexibility index (Phi) is 3.11. The van der Waals surface area contributed by atoms with Crippen LogP contribution in [0.4, 0.5) is 0 Å². The van der Waals surface area contributed by atoms with Crippen molar-refractivity contribution in [3.05, 3.63) is 12.4 Å². The zero-order chi connectivity index (χ0) is 11.6. The molecular formula is C12H20N4O. The Bertz CT molecular complexity index is 347. The summed E-state index contributed by atoms with van der Waals surface area (Å²) in [5, 5.41) is 11.4. The van der Waals surface area contributed by atoms with Gasteiger partial charge in [-0.05, 0) is 32.1 Å². The van der Waals surface area contributed by atoms with Crippen LogP contribution in [0.2, 0.25) is 0 Å². The van der Waals surface area contributed by atoms with E-state index < -0.39 is 0 Å². The van der Waals surface area contributed by atoms with E-state index in [0.29, 0.717) is 6.04 Å². The molecule has 1 N–H and O–H groups in total. The molecule has 94 valence electrons. The van der Waals surface area contributed by atoms with Crippen LogP contribution in [0.25, 0.3) is 0 Å². The quantitative estimate of drug-likeness (QED) is 0.846. The molecule has 1 aromatic rings. The molecule has 1 saturated heterocycles. The summed E-state index contributed by atoms with van der Waals surface area (Å²) >= 11 is 0. The van der Waals surface area contributed by atoms with Gasteiger partial charge in [0.05, 0.1) is 18.3 Å². The lowest BCUT2D eigenvalue weighted by Crippen LogP contribution is -2.51. The summed E-state index contributed by atoms with van der Waals surface area (Å²) in [6, 6.07) is 0.618. The van der Waals surface area contributed by atoms with E-state index in [1.807, 2.05) is 10.9 Å². The molecule has 1 spiro atoms. The summed E-state index contributed by atoms with van der Waals surface area (Å²) < 4.78 is 7.78. The normalized spacial score (nSPS) is 26.9. The van der Waals surface area contributed by atoms with Crippen LogP contribution in [0.5, 0.6) is 0 Å². The van der Waals surface area contributed by atoms with Crippen LogP contribution in [-0.4, -0.2) is 39.8 Å². The average Bonchev–Trinajstić information content (AvgIpc) is 2.80. The van der Waals surface area contributed by atoms with Crippen LogP contribution in [0.15, 0.2) is 12.4 Å². The predicted molar refractivity (Wildman–Crippen MR) is 63.6 cm³/mol.